The van der Waals surface area contributed by atoms with Crippen LogP contribution in [0.1, 0.15) is 22.7 Å². The molecule has 100 valence electrons. The Kier molecular flexibility index (Phi) is 4.61. The minimum absolute atomic E-state index is 0.00467. The Morgan fingerprint density at radius 3 is 2.47 bits per heavy atom. The third-order valence-electron chi connectivity index (χ3n) is 3.29. The van der Waals surface area contributed by atoms with E-state index in [1.165, 1.54) is 28.8 Å². The lowest BCUT2D eigenvalue weighted by Gasteiger charge is -2.16. The number of nitrogens with two attached hydrogens (primary N) is 1. The largest absolute Gasteiger partial charge is 0.323 e. The molecule has 1 atom stereocenters. The fourth-order valence-corrected chi connectivity index (χ4v) is 2.86. The van der Waals surface area contributed by atoms with E-state index in [1.54, 1.807) is 23.9 Å². The zero-order valence-corrected chi connectivity index (χ0v) is 12.0. The van der Waals surface area contributed by atoms with Crippen LogP contribution in [0.25, 0.3) is 0 Å². The van der Waals surface area contributed by atoms with Crippen LogP contribution in [0.3, 0.4) is 0 Å². The monoisotopic (exact) mass is 275 g/mol. The maximum atomic E-state index is 12.8. The molecule has 2 aromatic rings. The molecule has 0 bridgehead atoms. The van der Waals surface area contributed by atoms with Crippen molar-refractivity contribution < 1.29 is 4.39 Å². The molecule has 3 heteroatoms. The SMILES string of the molecule is Cc1cccc(C(N)CSc2ccc(F)cc2)c1C. The zero-order valence-electron chi connectivity index (χ0n) is 11.2. The van der Waals surface area contributed by atoms with Crippen LogP contribution >= 0.6 is 11.8 Å². The highest BCUT2D eigenvalue weighted by molar-refractivity contribution is 7.99. The van der Waals surface area contributed by atoms with Crippen molar-refractivity contribution >= 4 is 11.8 Å². The number of benzene rings is 2. The molecule has 0 aromatic heterocycles. The molecule has 0 saturated carbocycles. The van der Waals surface area contributed by atoms with Crippen molar-refractivity contribution in [2.45, 2.75) is 24.8 Å². The number of rotatable bonds is 4. The number of thioether (sulfide) groups is 1. The van der Waals surface area contributed by atoms with Gasteiger partial charge in [0, 0.05) is 16.7 Å². The second kappa shape index (κ2) is 6.22. The first-order chi connectivity index (χ1) is 9.08. The summed E-state index contributed by atoms with van der Waals surface area (Å²) in [5.74, 6) is 0.582. The van der Waals surface area contributed by atoms with Crippen molar-refractivity contribution in [2.75, 3.05) is 5.75 Å². The molecule has 2 N–H and O–H groups in total. The van der Waals surface area contributed by atoms with Gasteiger partial charge in [0.2, 0.25) is 0 Å². The van der Waals surface area contributed by atoms with E-state index >= 15 is 0 Å². The van der Waals surface area contributed by atoms with E-state index in [-0.39, 0.29) is 11.9 Å². The summed E-state index contributed by atoms with van der Waals surface area (Å²) in [6, 6.07) is 12.7. The molecule has 1 unspecified atom stereocenters. The third-order valence-corrected chi connectivity index (χ3v) is 4.42. The molecule has 0 saturated heterocycles. The summed E-state index contributed by atoms with van der Waals surface area (Å²) in [7, 11) is 0. The molecule has 0 spiro atoms. The lowest BCUT2D eigenvalue weighted by Crippen LogP contribution is -2.14. The molecule has 0 aliphatic heterocycles. The van der Waals surface area contributed by atoms with Crippen LogP contribution in [-0.4, -0.2) is 5.75 Å². The van der Waals surface area contributed by atoms with Gasteiger partial charge in [0.15, 0.2) is 0 Å². The van der Waals surface area contributed by atoms with Gasteiger partial charge in [0.1, 0.15) is 5.82 Å². The summed E-state index contributed by atoms with van der Waals surface area (Å²) in [6.07, 6.45) is 0. The Morgan fingerprint density at radius 2 is 1.79 bits per heavy atom. The van der Waals surface area contributed by atoms with E-state index in [0.717, 1.165) is 10.6 Å². The van der Waals surface area contributed by atoms with E-state index in [0.29, 0.717) is 0 Å². The van der Waals surface area contributed by atoms with Crippen molar-refractivity contribution in [1.29, 1.82) is 0 Å². The van der Waals surface area contributed by atoms with Crippen molar-refractivity contribution in [3.8, 4) is 0 Å². The Labute approximate surface area is 118 Å². The summed E-state index contributed by atoms with van der Waals surface area (Å²) in [4.78, 5) is 1.04. The minimum Gasteiger partial charge on any atom is -0.323 e. The summed E-state index contributed by atoms with van der Waals surface area (Å²) in [5, 5.41) is 0. The van der Waals surface area contributed by atoms with Crippen LogP contribution in [0.5, 0.6) is 0 Å². The highest BCUT2D eigenvalue weighted by Crippen LogP contribution is 2.26. The number of halogens is 1. The highest BCUT2D eigenvalue weighted by atomic mass is 32.2. The second-order valence-corrected chi connectivity index (χ2v) is 5.75. The molecule has 2 aromatic carbocycles. The Hall–Kier alpha value is -1.32. The molecule has 0 aliphatic rings. The van der Waals surface area contributed by atoms with E-state index in [2.05, 4.69) is 26.0 Å². The third kappa shape index (κ3) is 3.58. The first kappa shape index (κ1) is 14.1. The van der Waals surface area contributed by atoms with Gasteiger partial charge >= 0.3 is 0 Å². The number of hydrogen-bond donors (Lipinski definition) is 1. The predicted molar refractivity (Wildman–Crippen MR) is 80.0 cm³/mol. The van der Waals surface area contributed by atoms with Gasteiger partial charge < -0.3 is 5.73 Å². The molecule has 1 nitrogen and oxygen atoms in total. The molecule has 2 rings (SSSR count). The zero-order chi connectivity index (χ0) is 13.8. The van der Waals surface area contributed by atoms with Gasteiger partial charge in [-0.3, -0.25) is 0 Å². The van der Waals surface area contributed by atoms with Gasteiger partial charge in [0.25, 0.3) is 0 Å². The fraction of sp³-hybridized carbons (Fsp3) is 0.250. The lowest BCUT2D eigenvalue weighted by molar-refractivity contribution is 0.626. The quantitative estimate of drug-likeness (QED) is 0.845. The summed E-state index contributed by atoms with van der Waals surface area (Å²) < 4.78 is 12.8. The smallest absolute Gasteiger partial charge is 0.123 e. The number of aryl methyl sites for hydroxylation is 1. The van der Waals surface area contributed by atoms with Crippen LogP contribution in [0, 0.1) is 19.7 Å². The topological polar surface area (TPSA) is 26.0 Å². The maximum Gasteiger partial charge on any atom is 0.123 e. The Bertz CT molecular complexity index is 551. The van der Waals surface area contributed by atoms with Gasteiger partial charge in [-0.05, 0) is 54.8 Å². The van der Waals surface area contributed by atoms with Crippen LogP contribution in [0.4, 0.5) is 4.39 Å². The Morgan fingerprint density at radius 1 is 1.11 bits per heavy atom. The van der Waals surface area contributed by atoms with Crippen molar-refractivity contribution in [1.82, 2.24) is 0 Å². The van der Waals surface area contributed by atoms with E-state index < -0.39 is 0 Å². The van der Waals surface area contributed by atoms with Gasteiger partial charge in [-0.15, -0.1) is 11.8 Å². The summed E-state index contributed by atoms with van der Waals surface area (Å²) in [5.41, 5.74) is 9.96. The van der Waals surface area contributed by atoms with Crippen molar-refractivity contribution in [3.05, 3.63) is 65.0 Å². The summed E-state index contributed by atoms with van der Waals surface area (Å²) in [6.45, 7) is 4.20. The van der Waals surface area contributed by atoms with Crippen LogP contribution in [0.2, 0.25) is 0 Å². The van der Waals surface area contributed by atoms with Gasteiger partial charge in [-0.2, -0.15) is 0 Å². The second-order valence-electron chi connectivity index (χ2n) is 4.66. The molecular formula is C16H18FNS. The van der Waals surface area contributed by atoms with Crippen molar-refractivity contribution in [2.24, 2.45) is 5.73 Å². The molecule has 0 fully saturated rings. The maximum absolute atomic E-state index is 12.8. The molecule has 0 heterocycles. The average Bonchev–Trinajstić information content (AvgIpc) is 2.41. The van der Waals surface area contributed by atoms with Crippen LogP contribution in [-0.2, 0) is 0 Å². The van der Waals surface area contributed by atoms with Gasteiger partial charge in [0.05, 0.1) is 0 Å². The van der Waals surface area contributed by atoms with E-state index in [9.17, 15) is 4.39 Å². The first-order valence-corrected chi connectivity index (χ1v) is 7.26. The van der Waals surface area contributed by atoms with Crippen LogP contribution in [0.15, 0.2) is 47.4 Å². The standard InChI is InChI=1S/C16H18FNS/c1-11-4-3-5-15(12(11)2)16(18)10-19-14-8-6-13(17)7-9-14/h3-9,16H,10,18H2,1-2H3. The summed E-state index contributed by atoms with van der Waals surface area (Å²) >= 11 is 1.65. The van der Waals surface area contributed by atoms with Crippen LogP contribution < -0.4 is 5.73 Å². The van der Waals surface area contributed by atoms with Gasteiger partial charge in [-0.1, -0.05) is 18.2 Å². The average molecular weight is 275 g/mol. The molecular weight excluding hydrogens is 257 g/mol. The number of hydrogen-bond acceptors (Lipinski definition) is 2. The molecule has 0 radical (unpaired) electrons. The lowest BCUT2D eigenvalue weighted by atomic mass is 9.99. The van der Waals surface area contributed by atoms with E-state index in [4.69, 9.17) is 5.73 Å². The molecule has 0 amide bonds. The highest BCUT2D eigenvalue weighted by Gasteiger charge is 2.10. The van der Waals surface area contributed by atoms with Crippen molar-refractivity contribution in [3.63, 3.8) is 0 Å². The molecule has 0 aliphatic carbocycles. The normalized spacial score (nSPS) is 12.4. The van der Waals surface area contributed by atoms with Gasteiger partial charge in [-0.25, -0.2) is 4.39 Å². The fourth-order valence-electron chi connectivity index (χ4n) is 1.98. The predicted octanol–water partition coefficient (Wildman–Crippen LogP) is 4.23. The van der Waals surface area contributed by atoms with E-state index in [1.807, 2.05) is 6.07 Å². The minimum atomic E-state index is -0.205. The Balaban J connectivity index is 2.03. The first-order valence-electron chi connectivity index (χ1n) is 6.28. The molecule has 19 heavy (non-hydrogen) atoms.